The molecule has 1 unspecified atom stereocenters. The van der Waals surface area contributed by atoms with Crippen molar-refractivity contribution in [2.75, 3.05) is 31.0 Å². The lowest BCUT2D eigenvalue weighted by Crippen LogP contribution is -2.30. The van der Waals surface area contributed by atoms with Gasteiger partial charge in [0.1, 0.15) is 17.2 Å². The molecular formula is C25H28N6O6S. The largest absolute Gasteiger partial charge is 0.490 e. The molecule has 0 aliphatic heterocycles. The van der Waals surface area contributed by atoms with E-state index in [0.29, 0.717) is 27.0 Å². The molecule has 2 aromatic carbocycles. The number of aryl methyl sites for hydroxylation is 1. The van der Waals surface area contributed by atoms with E-state index in [9.17, 15) is 19.5 Å². The number of carbonyl (C=O) groups excluding carboxylic acids is 2. The van der Waals surface area contributed by atoms with E-state index in [0.717, 1.165) is 11.3 Å². The smallest absolute Gasteiger partial charge is 0.305 e. The second-order valence-corrected chi connectivity index (χ2v) is 9.01. The monoisotopic (exact) mass is 540 g/mol. The van der Waals surface area contributed by atoms with E-state index in [1.165, 1.54) is 19.2 Å². The summed E-state index contributed by atoms with van der Waals surface area (Å²) in [5.74, 6) is -2.19. The SMILES string of the molecule is COCCOc1ccc(NC(=O)c2sc(NC(=N)N)nc2C)cc1C(=O)NC(CC(=O)O)c1ccccc1. The zero-order valence-electron chi connectivity index (χ0n) is 20.7. The number of methoxy groups -OCH3 is 1. The third kappa shape index (κ3) is 7.75. The highest BCUT2D eigenvalue weighted by Gasteiger charge is 2.23. The quantitative estimate of drug-likeness (QED) is 0.114. The maximum absolute atomic E-state index is 13.4. The maximum Gasteiger partial charge on any atom is 0.305 e. The summed E-state index contributed by atoms with van der Waals surface area (Å²) in [6.07, 6.45) is -0.326. The van der Waals surface area contributed by atoms with Crippen molar-refractivity contribution in [3.63, 3.8) is 0 Å². The van der Waals surface area contributed by atoms with Crippen molar-refractivity contribution in [2.45, 2.75) is 19.4 Å². The van der Waals surface area contributed by atoms with E-state index in [4.69, 9.17) is 20.6 Å². The Morgan fingerprint density at radius 2 is 1.84 bits per heavy atom. The molecule has 0 spiro atoms. The number of amides is 2. The van der Waals surface area contributed by atoms with Gasteiger partial charge in [-0.2, -0.15) is 0 Å². The Balaban J connectivity index is 1.87. The van der Waals surface area contributed by atoms with Gasteiger partial charge in [0.05, 0.1) is 30.3 Å². The fraction of sp³-hybridized carbons (Fsp3) is 0.240. The number of hydrogen-bond donors (Lipinski definition) is 6. The number of anilines is 2. The Bertz CT molecular complexity index is 1310. The number of benzene rings is 2. The lowest BCUT2D eigenvalue weighted by atomic mass is 10.0. The number of hydrogen-bond acceptors (Lipinski definition) is 8. The highest BCUT2D eigenvalue weighted by atomic mass is 32.1. The molecule has 3 aromatic rings. The van der Waals surface area contributed by atoms with Crippen molar-refractivity contribution in [1.29, 1.82) is 5.41 Å². The number of aromatic nitrogens is 1. The third-order valence-electron chi connectivity index (χ3n) is 5.16. The predicted molar refractivity (Wildman–Crippen MR) is 143 cm³/mol. The summed E-state index contributed by atoms with van der Waals surface area (Å²) in [5, 5.41) is 25.1. The number of aliphatic carboxylic acids is 1. The first-order valence-corrected chi connectivity index (χ1v) is 12.2. The van der Waals surface area contributed by atoms with E-state index < -0.39 is 23.8 Å². The van der Waals surface area contributed by atoms with Crippen molar-refractivity contribution < 1.29 is 29.0 Å². The normalized spacial score (nSPS) is 11.3. The highest BCUT2D eigenvalue weighted by Crippen LogP contribution is 2.27. The second-order valence-electron chi connectivity index (χ2n) is 8.01. The van der Waals surface area contributed by atoms with E-state index in [2.05, 4.69) is 20.9 Å². The molecule has 1 aromatic heterocycles. The minimum Gasteiger partial charge on any atom is -0.490 e. The molecule has 38 heavy (non-hydrogen) atoms. The number of carboxylic acid groups (broad SMARTS) is 1. The van der Waals surface area contributed by atoms with E-state index >= 15 is 0 Å². The van der Waals surface area contributed by atoms with Crippen LogP contribution in [0.2, 0.25) is 0 Å². The van der Waals surface area contributed by atoms with Crippen LogP contribution in [0.5, 0.6) is 5.75 Å². The van der Waals surface area contributed by atoms with Gasteiger partial charge in [-0.3, -0.25) is 19.8 Å². The molecule has 0 bridgehead atoms. The molecular weight excluding hydrogens is 512 g/mol. The average molecular weight is 541 g/mol. The summed E-state index contributed by atoms with van der Waals surface area (Å²) < 4.78 is 10.7. The molecule has 0 saturated heterocycles. The predicted octanol–water partition coefficient (Wildman–Crippen LogP) is 2.98. The van der Waals surface area contributed by atoms with Gasteiger partial charge < -0.3 is 36.3 Å². The van der Waals surface area contributed by atoms with Gasteiger partial charge >= 0.3 is 5.97 Å². The van der Waals surface area contributed by atoms with E-state index in [-0.39, 0.29) is 36.9 Å². The summed E-state index contributed by atoms with van der Waals surface area (Å²) in [6, 6.07) is 12.5. The molecule has 3 rings (SSSR count). The molecule has 0 saturated carbocycles. The molecule has 200 valence electrons. The van der Waals surface area contributed by atoms with Crippen LogP contribution in [-0.4, -0.2) is 54.2 Å². The van der Waals surface area contributed by atoms with Gasteiger partial charge in [0.15, 0.2) is 11.1 Å². The molecule has 1 atom stereocenters. The Labute approximate surface area is 222 Å². The molecule has 0 fully saturated rings. The second kappa shape index (κ2) is 13.2. The van der Waals surface area contributed by atoms with Crippen LogP contribution in [0.1, 0.15) is 43.7 Å². The van der Waals surface area contributed by atoms with Gasteiger partial charge in [-0.05, 0) is 30.7 Å². The van der Waals surface area contributed by atoms with Gasteiger partial charge in [-0.25, -0.2) is 4.98 Å². The molecule has 13 heteroatoms. The number of carboxylic acids is 1. The summed E-state index contributed by atoms with van der Waals surface area (Å²) in [5.41, 5.74) is 6.81. The molecule has 0 radical (unpaired) electrons. The fourth-order valence-corrected chi connectivity index (χ4v) is 4.33. The van der Waals surface area contributed by atoms with Crippen LogP contribution >= 0.6 is 11.3 Å². The molecule has 7 N–H and O–H groups in total. The van der Waals surface area contributed by atoms with Crippen molar-refractivity contribution in [3.05, 3.63) is 70.2 Å². The van der Waals surface area contributed by atoms with Gasteiger partial charge in [0.2, 0.25) is 0 Å². The Kier molecular flexibility index (Phi) is 9.73. The van der Waals surface area contributed by atoms with Crippen molar-refractivity contribution in [3.8, 4) is 5.75 Å². The first-order chi connectivity index (χ1) is 18.2. The van der Waals surface area contributed by atoms with Crippen LogP contribution in [0.25, 0.3) is 0 Å². The first kappa shape index (κ1) is 28.1. The number of guanidine groups is 1. The summed E-state index contributed by atoms with van der Waals surface area (Å²) in [6.45, 7) is 2.10. The zero-order valence-corrected chi connectivity index (χ0v) is 21.6. The van der Waals surface area contributed by atoms with Gasteiger partial charge in [0, 0.05) is 12.8 Å². The minimum atomic E-state index is -1.07. The van der Waals surface area contributed by atoms with Crippen molar-refractivity contribution in [2.24, 2.45) is 5.73 Å². The lowest BCUT2D eigenvalue weighted by molar-refractivity contribution is -0.137. The molecule has 0 aliphatic rings. The standard InChI is InChI=1S/C25H28N6O6S/c1-14-21(38-25(28-14)31-24(26)27)23(35)29-16-8-9-19(37-11-10-36-2)17(12-16)22(34)30-18(13-20(32)33)15-6-4-3-5-7-15/h3-9,12,18H,10-11,13H2,1-2H3,(H,29,35)(H,30,34)(H,32,33)(H4,26,27,28,31). The van der Waals surface area contributed by atoms with Crippen LogP contribution in [0.3, 0.4) is 0 Å². The number of nitrogens with two attached hydrogens (primary N) is 1. The molecule has 12 nitrogen and oxygen atoms in total. The third-order valence-corrected chi connectivity index (χ3v) is 6.23. The summed E-state index contributed by atoms with van der Waals surface area (Å²) in [7, 11) is 1.52. The number of rotatable bonds is 12. The van der Waals surface area contributed by atoms with Crippen LogP contribution in [0.15, 0.2) is 48.5 Å². The number of carbonyl (C=O) groups is 3. The Morgan fingerprint density at radius 1 is 1.11 bits per heavy atom. The molecule has 2 amide bonds. The molecule has 0 aliphatic carbocycles. The molecule has 1 heterocycles. The Hall–Kier alpha value is -4.49. The number of nitrogens with one attached hydrogen (secondary N) is 4. The topological polar surface area (TPSA) is 189 Å². The number of thiazole rings is 1. The van der Waals surface area contributed by atoms with Crippen LogP contribution in [-0.2, 0) is 9.53 Å². The van der Waals surface area contributed by atoms with Gasteiger partial charge in [0.25, 0.3) is 11.8 Å². The van der Waals surface area contributed by atoms with E-state index in [1.54, 1.807) is 43.3 Å². The van der Waals surface area contributed by atoms with Crippen molar-refractivity contribution >= 4 is 45.9 Å². The van der Waals surface area contributed by atoms with Gasteiger partial charge in [-0.1, -0.05) is 41.7 Å². The summed E-state index contributed by atoms with van der Waals surface area (Å²) in [4.78, 5) is 42.2. The Morgan fingerprint density at radius 3 is 2.50 bits per heavy atom. The lowest BCUT2D eigenvalue weighted by Gasteiger charge is -2.19. The number of ether oxygens (including phenoxy) is 2. The zero-order chi connectivity index (χ0) is 27.7. The highest BCUT2D eigenvalue weighted by molar-refractivity contribution is 7.17. The summed E-state index contributed by atoms with van der Waals surface area (Å²) >= 11 is 1.03. The van der Waals surface area contributed by atoms with Gasteiger partial charge in [-0.15, -0.1) is 0 Å². The first-order valence-electron chi connectivity index (χ1n) is 11.4. The number of nitrogens with zero attached hydrogens (tertiary/aromatic N) is 1. The average Bonchev–Trinajstić information content (AvgIpc) is 3.23. The van der Waals surface area contributed by atoms with Crippen LogP contribution < -0.4 is 26.4 Å². The fourth-order valence-electron chi connectivity index (χ4n) is 3.46. The minimum absolute atomic E-state index is 0.102. The van der Waals surface area contributed by atoms with Crippen molar-refractivity contribution in [1.82, 2.24) is 10.3 Å². The van der Waals surface area contributed by atoms with Crippen LogP contribution in [0, 0.1) is 12.3 Å². The van der Waals surface area contributed by atoms with E-state index in [1.807, 2.05) is 0 Å². The van der Waals surface area contributed by atoms with Crippen LogP contribution in [0.4, 0.5) is 10.8 Å². The maximum atomic E-state index is 13.4.